The van der Waals surface area contributed by atoms with Gasteiger partial charge in [0.05, 0.1) is 0 Å². The summed E-state index contributed by atoms with van der Waals surface area (Å²) < 4.78 is 0. The van der Waals surface area contributed by atoms with Crippen molar-refractivity contribution >= 4 is 11.8 Å². The van der Waals surface area contributed by atoms with Crippen LogP contribution in [0.2, 0.25) is 0 Å². The van der Waals surface area contributed by atoms with E-state index in [1.807, 2.05) is 36.4 Å². The predicted molar refractivity (Wildman–Crippen MR) is 125 cm³/mol. The maximum absolute atomic E-state index is 12.4. The summed E-state index contributed by atoms with van der Waals surface area (Å²) in [5.74, 6) is 0.418. The van der Waals surface area contributed by atoms with Crippen molar-refractivity contribution in [3.63, 3.8) is 0 Å². The highest BCUT2D eigenvalue weighted by atomic mass is 16.2. The van der Waals surface area contributed by atoms with Crippen LogP contribution in [0, 0.1) is 0 Å². The first-order valence-electron chi connectivity index (χ1n) is 11.8. The molecule has 0 bridgehead atoms. The molecule has 2 aromatic carbocycles. The van der Waals surface area contributed by atoms with Crippen LogP contribution in [0.5, 0.6) is 0 Å². The monoisotopic (exact) mass is 432 g/mol. The summed E-state index contributed by atoms with van der Waals surface area (Å²) in [6.45, 7) is 7.89. The lowest BCUT2D eigenvalue weighted by atomic mass is 9.90. The smallest absolute Gasteiger partial charge is 0.254 e. The summed E-state index contributed by atoms with van der Waals surface area (Å²) in [6.07, 6.45) is 1.97. The quantitative estimate of drug-likeness (QED) is 0.669. The van der Waals surface area contributed by atoms with Gasteiger partial charge in [0.1, 0.15) is 0 Å². The number of hydrogen-bond acceptors (Lipinski definition) is 4. The Morgan fingerprint density at radius 2 is 1.06 bits per heavy atom. The van der Waals surface area contributed by atoms with Gasteiger partial charge in [0.2, 0.25) is 0 Å². The molecule has 0 unspecified atom stereocenters. The zero-order chi connectivity index (χ0) is 22.2. The molecule has 2 N–H and O–H groups in total. The Labute approximate surface area is 190 Å². The summed E-state index contributed by atoms with van der Waals surface area (Å²) in [7, 11) is 0. The molecular weight excluding hydrogens is 400 g/mol. The summed E-state index contributed by atoms with van der Waals surface area (Å²) in [5, 5.41) is 6.78. The molecule has 2 saturated heterocycles. The number of amides is 2. The molecule has 4 heterocycles. The number of carbonyl (C=O) groups is 2. The topological polar surface area (TPSA) is 64.7 Å². The minimum Gasteiger partial charge on any atom is -0.330 e. The minimum absolute atomic E-state index is 0.209. The second-order valence-corrected chi connectivity index (χ2v) is 9.47. The number of fused-ring (bicyclic) bond motifs is 4. The van der Waals surface area contributed by atoms with Crippen LogP contribution in [-0.2, 0) is 12.8 Å². The van der Waals surface area contributed by atoms with Crippen molar-refractivity contribution in [1.82, 2.24) is 20.4 Å². The fraction of sp³-hybridized carbons (Fsp3) is 0.462. The Kier molecular flexibility index (Phi) is 5.74. The zero-order valence-corrected chi connectivity index (χ0v) is 18.9. The second-order valence-electron chi connectivity index (χ2n) is 9.47. The number of rotatable bonds is 0. The number of nitrogens with zero attached hydrogens (tertiary/aromatic N) is 2. The van der Waals surface area contributed by atoms with Crippen LogP contribution >= 0.6 is 0 Å². The second kappa shape index (κ2) is 8.68. The van der Waals surface area contributed by atoms with E-state index in [2.05, 4.69) is 46.4 Å². The van der Waals surface area contributed by atoms with Crippen LogP contribution in [-0.4, -0.2) is 72.0 Å². The van der Waals surface area contributed by atoms with Crippen LogP contribution in [0.15, 0.2) is 48.5 Å². The highest BCUT2D eigenvalue weighted by molar-refractivity contribution is 5.98. The number of carbonyl (C=O) groups excluding carboxylic acids is 2. The lowest BCUT2D eigenvalue weighted by molar-refractivity contribution is 0.0475. The van der Waals surface area contributed by atoms with Crippen molar-refractivity contribution in [3.05, 3.63) is 70.8 Å². The van der Waals surface area contributed by atoms with E-state index < -0.39 is 0 Å². The summed E-state index contributed by atoms with van der Waals surface area (Å²) in [4.78, 5) is 28.8. The third-order valence-corrected chi connectivity index (χ3v) is 7.25. The SMILES string of the molecule is C[C@@H]1CNC[C@H]2Cc3ccccc3C(=O)N21.C[C@H]1CNC[C@@H]2Cc3ccccc3C(=O)N21. The molecule has 4 aliphatic rings. The van der Waals surface area contributed by atoms with Gasteiger partial charge in [0, 0.05) is 61.5 Å². The van der Waals surface area contributed by atoms with Gasteiger partial charge in [-0.1, -0.05) is 36.4 Å². The van der Waals surface area contributed by atoms with E-state index in [9.17, 15) is 9.59 Å². The van der Waals surface area contributed by atoms with Crippen molar-refractivity contribution in [3.8, 4) is 0 Å². The Morgan fingerprint density at radius 3 is 1.50 bits per heavy atom. The maximum atomic E-state index is 12.4. The minimum atomic E-state index is 0.209. The molecule has 6 heteroatoms. The van der Waals surface area contributed by atoms with Crippen LogP contribution < -0.4 is 10.6 Å². The van der Waals surface area contributed by atoms with Gasteiger partial charge < -0.3 is 20.4 Å². The molecule has 0 aromatic heterocycles. The Morgan fingerprint density at radius 1 is 0.656 bits per heavy atom. The molecule has 2 aromatic rings. The molecule has 32 heavy (non-hydrogen) atoms. The fourth-order valence-electron chi connectivity index (χ4n) is 5.70. The normalized spacial score (nSPS) is 28.6. The Balaban J connectivity index is 0.000000135. The zero-order valence-electron chi connectivity index (χ0n) is 18.9. The summed E-state index contributed by atoms with van der Waals surface area (Å²) in [6, 6.07) is 17.3. The molecule has 6 rings (SSSR count). The number of nitrogens with one attached hydrogen (secondary N) is 2. The average molecular weight is 433 g/mol. The van der Waals surface area contributed by atoms with Gasteiger partial charge in [-0.3, -0.25) is 9.59 Å². The molecular formula is C26H32N4O2. The molecule has 2 fully saturated rings. The highest BCUT2D eigenvalue weighted by Gasteiger charge is 2.38. The predicted octanol–water partition coefficient (Wildman–Crippen LogP) is 2.09. The standard InChI is InChI=1S/2C13H16N2O/c2*1-9-7-14-8-11-6-10-4-2-3-5-12(10)13(16)15(9)11/h2*2-5,9,11,14H,6-8H2,1H3/t2*9-,11-/m10/s1. The first-order valence-corrected chi connectivity index (χ1v) is 11.8. The van der Waals surface area contributed by atoms with Crippen molar-refractivity contribution < 1.29 is 9.59 Å². The lowest BCUT2D eigenvalue weighted by Gasteiger charge is -2.44. The van der Waals surface area contributed by atoms with E-state index in [1.54, 1.807) is 0 Å². The van der Waals surface area contributed by atoms with Crippen LogP contribution in [0.25, 0.3) is 0 Å². The number of piperazine rings is 2. The molecule has 0 saturated carbocycles. The van der Waals surface area contributed by atoms with Gasteiger partial charge in [0.25, 0.3) is 11.8 Å². The van der Waals surface area contributed by atoms with Gasteiger partial charge in [-0.15, -0.1) is 0 Å². The molecule has 0 spiro atoms. The van der Waals surface area contributed by atoms with Crippen LogP contribution in [0.4, 0.5) is 0 Å². The van der Waals surface area contributed by atoms with Crippen LogP contribution in [0.3, 0.4) is 0 Å². The van der Waals surface area contributed by atoms with Gasteiger partial charge >= 0.3 is 0 Å². The van der Waals surface area contributed by atoms with Gasteiger partial charge in [-0.05, 0) is 49.9 Å². The number of benzene rings is 2. The van der Waals surface area contributed by atoms with Gasteiger partial charge in [-0.25, -0.2) is 0 Å². The van der Waals surface area contributed by atoms with Crippen molar-refractivity contribution in [1.29, 1.82) is 0 Å². The largest absolute Gasteiger partial charge is 0.330 e. The molecule has 0 aliphatic carbocycles. The Hall–Kier alpha value is -2.70. The molecule has 4 atom stereocenters. The molecule has 4 aliphatic heterocycles. The van der Waals surface area contributed by atoms with Gasteiger partial charge in [-0.2, -0.15) is 0 Å². The van der Waals surface area contributed by atoms with Gasteiger partial charge in [0.15, 0.2) is 0 Å². The lowest BCUT2D eigenvalue weighted by Crippen LogP contribution is -2.60. The van der Waals surface area contributed by atoms with E-state index in [0.29, 0.717) is 24.2 Å². The third kappa shape index (κ3) is 3.71. The van der Waals surface area contributed by atoms with E-state index in [0.717, 1.165) is 50.1 Å². The first kappa shape index (κ1) is 21.2. The van der Waals surface area contributed by atoms with Crippen molar-refractivity contribution in [2.24, 2.45) is 0 Å². The Bertz CT molecular complexity index is 941. The number of hydrogen-bond donors (Lipinski definition) is 2. The molecule has 2 amide bonds. The van der Waals surface area contributed by atoms with Crippen molar-refractivity contribution in [2.45, 2.75) is 50.9 Å². The van der Waals surface area contributed by atoms with E-state index in [4.69, 9.17) is 0 Å². The maximum Gasteiger partial charge on any atom is 0.254 e. The molecule has 6 nitrogen and oxygen atoms in total. The van der Waals surface area contributed by atoms with Crippen molar-refractivity contribution in [2.75, 3.05) is 26.2 Å². The van der Waals surface area contributed by atoms with E-state index >= 15 is 0 Å². The molecule has 168 valence electrons. The fourth-order valence-corrected chi connectivity index (χ4v) is 5.70. The summed E-state index contributed by atoms with van der Waals surface area (Å²) >= 11 is 0. The average Bonchev–Trinajstić information content (AvgIpc) is 2.80. The first-order chi connectivity index (χ1) is 15.5. The van der Waals surface area contributed by atoms with Crippen LogP contribution in [0.1, 0.15) is 45.7 Å². The highest BCUT2D eigenvalue weighted by Crippen LogP contribution is 2.27. The van der Waals surface area contributed by atoms with E-state index in [-0.39, 0.29) is 11.8 Å². The summed E-state index contributed by atoms with van der Waals surface area (Å²) in [5.41, 5.74) is 4.19. The third-order valence-electron chi connectivity index (χ3n) is 7.25. The molecule has 0 radical (unpaired) electrons. The van der Waals surface area contributed by atoms with E-state index in [1.165, 1.54) is 11.1 Å².